The van der Waals surface area contributed by atoms with Gasteiger partial charge in [-0.2, -0.15) is 0 Å². The van der Waals surface area contributed by atoms with Crippen LogP contribution in [0.5, 0.6) is 0 Å². The zero-order valence-electron chi connectivity index (χ0n) is 8.23. The number of aliphatic carboxylic acids is 1. The zero-order valence-corrected chi connectivity index (χ0v) is 9.04. The van der Waals surface area contributed by atoms with Gasteiger partial charge < -0.3 is 10.4 Å². The Labute approximate surface area is 87.0 Å². The predicted octanol–water partition coefficient (Wildman–Crippen LogP) is 2.05. The summed E-state index contributed by atoms with van der Waals surface area (Å²) in [6, 6.07) is -0.0568. The van der Waals surface area contributed by atoms with E-state index in [0.717, 1.165) is 5.13 Å². The minimum Gasteiger partial charge on any atom is -0.481 e. The third-order valence-corrected chi connectivity index (χ3v) is 2.64. The van der Waals surface area contributed by atoms with Gasteiger partial charge >= 0.3 is 5.97 Å². The number of thiazole rings is 1. The molecular weight excluding hydrogens is 200 g/mol. The highest BCUT2D eigenvalue weighted by atomic mass is 32.1. The van der Waals surface area contributed by atoms with Crippen LogP contribution in [-0.4, -0.2) is 22.1 Å². The lowest BCUT2D eigenvalue weighted by molar-refractivity contribution is -0.137. The van der Waals surface area contributed by atoms with Gasteiger partial charge in [0.05, 0.1) is 6.42 Å². The molecule has 1 unspecified atom stereocenters. The predicted molar refractivity (Wildman–Crippen MR) is 56.6 cm³/mol. The van der Waals surface area contributed by atoms with E-state index in [2.05, 4.69) is 10.3 Å². The van der Waals surface area contributed by atoms with Crippen LogP contribution in [-0.2, 0) is 4.79 Å². The average molecular weight is 214 g/mol. The summed E-state index contributed by atoms with van der Waals surface area (Å²) < 4.78 is 0. The zero-order chi connectivity index (χ0) is 10.6. The number of aromatic nitrogens is 1. The molecule has 0 fully saturated rings. The van der Waals surface area contributed by atoms with E-state index in [0.29, 0.717) is 0 Å². The Morgan fingerprint density at radius 3 is 2.86 bits per heavy atom. The van der Waals surface area contributed by atoms with Crippen LogP contribution in [0.25, 0.3) is 0 Å². The number of carbonyl (C=O) groups is 1. The molecule has 0 aliphatic carbocycles. The van der Waals surface area contributed by atoms with Gasteiger partial charge in [-0.05, 0) is 5.92 Å². The SMILES string of the molecule is CC(C)C(CC(=O)O)Nc1nccs1. The van der Waals surface area contributed by atoms with Crippen molar-refractivity contribution in [1.82, 2.24) is 4.98 Å². The third-order valence-electron chi connectivity index (χ3n) is 1.94. The molecule has 0 saturated carbocycles. The molecule has 1 aromatic rings. The number of anilines is 1. The first-order chi connectivity index (χ1) is 6.59. The van der Waals surface area contributed by atoms with Crippen molar-refractivity contribution in [2.75, 3.05) is 5.32 Å². The smallest absolute Gasteiger partial charge is 0.305 e. The lowest BCUT2D eigenvalue weighted by Gasteiger charge is -2.19. The summed E-state index contributed by atoms with van der Waals surface area (Å²) in [5.41, 5.74) is 0. The second-order valence-electron chi connectivity index (χ2n) is 3.43. The minimum atomic E-state index is -0.784. The van der Waals surface area contributed by atoms with Crippen molar-refractivity contribution in [3.8, 4) is 0 Å². The van der Waals surface area contributed by atoms with E-state index in [4.69, 9.17) is 5.11 Å². The summed E-state index contributed by atoms with van der Waals surface area (Å²) in [6.07, 6.45) is 1.82. The Hall–Kier alpha value is -1.10. The lowest BCUT2D eigenvalue weighted by Crippen LogP contribution is -2.28. The lowest BCUT2D eigenvalue weighted by atomic mass is 10.0. The Kier molecular flexibility index (Phi) is 3.88. The number of carboxylic acid groups (broad SMARTS) is 1. The monoisotopic (exact) mass is 214 g/mol. The van der Waals surface area contributed by atoms with E-state index in [9.17, 15) is 4.79 Å². The van der Waals surface area contributed by atoms with Gasteiger partial charge in [0.15, 0.2) is 5.13 Å². The average Bonchev–Trinajstić information content (AvgIpc) is 2.54. The number of rotatable bonds is 5. The molecule has 0 aliphatic heterocycles. The molecule has 0 aliphatic rings. The molecule has 1 heterocycles. The summed E-state index contributed by atoms with van der Waals surface area (Å²) in [5.74, 6) is -0.511. The fraction of sp³-hybridized carbons (Fsp3) is 0.556. The van der Waals surface area contributed by atoms with Crippen LogP contribution in [0.4, 0.5) is 5.13 Å². The summed E-state index contributed by atoms with van der Waals surface area (Å²) in [6.45, 7) is 3.99. The fourth-order valence-electron chi connectivity index (χ4n) is 1.09. The molecule has 5 heteroatoms. The molecule has 78 valence electrons. The number of hydrogen-bond acceptors (Lipinski definition) is 4. The summed E-state index contributed by atoms with van der Waals surface area (Å²) in [7, 11) is 0. The molecule has 1 atom stereocenters. The number of nitrogens with one attached hydrogen (secondary N) is 1. The topological polar surface area (TPSA) is 62.2 Å². The molecule has 0 radical (unpaired) electrons. The normalized spacial score (nSPS) is 12.8. The van der Waals surface area contributed by atoms with Gasteiger partial charge in [0.1, 0.15) is 0 Å². The van der Waals surface area contributed by atoms with E-state index >= 15 is 0 Å². The maximum Gasteiger partial charge on any atom is 0.305 e. The minimum absolute atomic E-state index is 0.0568. The molecule has 0 amide bonds. The van der Waals surface area contributed by atoms with Crippen molar-refractivity contribution < 1.29 is 9.90 Å². The van der Waals surface area contributed by atoms with E-state index in [1.54, 1.807) is 6.20 Å². The van der Waals surface area contributed by atoms with Crippen LogP contribution in [0, 0.1) is 5.92 Å². The first-order valence-electron chi connectivity index (χ1n) is 4.47. The van der Waals surface area contributed by atoms with Crippen LogP contribution < -0.4 is 5.32 Å². The molecule has 4 nitrogen and oxygen atoms in total. The van der Waals surface area contributed by atoms with E-state index < -0.39 is 5.97 Å². The van der Waals surface area contributed by atoms with Crippen molar-refractivity contribution in [2.45, 2.75) is 26.3 Å². The van der Waals surface area contributed by atoms with E-state index in [-0.39, 0.29) is 18.4 Å². The second kappa shape index (κ2) is 4.95. The molecule has 2 N–H and O–H groups in total. The second-order valence-corrected chi connectivity index (χ2v) is 4.32. The van der Waals surface area contributed by atoms with Crippen LogP contribution in [0.15, 0.2) is 11.6 Å². The highest BCUT2D eigenvalue weighted by molar-refractivity contribution is 7.13. The largest absolute Gasteiger partial charge is 0.481 e. The van der Waals surface area contributed by atoms with Crippen LogP contribution in [0.2, 0.25) is 0 Å². The molecular formula is C9H14N2O2S. The first kappa shape index (κ1) is 11.0. The Bertz CT molecular complexity index is 285. The fourth-order valence-corrected chi connectivity index (χ4v) is 1.69. The Balaban J connectivity index is 2.56. The van der Waals surface area contributed by atoms with Crippen LogP contribution >= 0.6 is 11.3 Å². The van der Waals surface area contributed by atoms with Crippen molar-refractivity contribution in [1.29, 1.82) is 0 Å². The Morgan fingerprint density at radius 1 is 1.71 bits per heavy atom. The highest BCUT2D eigenvalue weighted by Gasteiger charge is 2.17. The van der Waals surface area contributed by atoms with Gasteiger partial charge in [-0.1, -0.05) is 13.8 Å². The summed E-state index contributed by atoms with van der Waals surface area (Å²) in [4.78, 5) is 14.6. The maximum atomic E-state index is 10.6. The summed E-state index contributed by atoms with van der Waals surface area (Å²) >= 11 is 1.48. The van der Waals surface area contributed by atoms with Gasteiger partial charge in [0, 0.05) is 17.6 Å². The van der Waals surface area contributed by atoms with Crippen molar-refractivity contribution in [2.24, 2.45) is 5.92 Å². The number of nitrogens with zero attached hydrogens (tertiary/aromatic N) is 1. The molecule has 0 aromatic carbocycles. The first-order valence-corrected chi connectivity index (χ1v) is 5.35. The Morgan fingerprint density at radius 2 is 2.43 bits per heavy atom. The molecule has 14 heavy (non-hydrogen) atoms. The van der Waals surface area contributed by atoms with Gasteiger partial charge in [-0.15, -0.1) is 11.3 Å². The van der Waals surface area contributed by atoms with Crippen molar-refractivity contribution in [3.63, 3.8) is 0 Å². The molecule has 1 rings (SSSR count). The van der Waals surface area contributed by atoms with Crippen LogP contribution in [0.1, 0.15) is 20.3 Å². The molecule has 1 aromatic heterocycles. The quantitative estimate of drug-likeness (QED) is 0.787. The maximum absolute atomic E-state index is 10.6. The van der Waals surface area contributed by atoms with E-state index in [1.165, 1.54) is 11.3 Å². The van der Waals surface area contributed by atoms with E-state index in [1.807, 2.05) is 19.2 Å². The van der Waals surface area contributed by atoms with Gasteiger partial charge in [0.2, 0.25) is 0 Å². The summed E-state index contributed by atoms with van der Waals surface area (Å²) in [5, 5.41) is 14.5. The molecule has 0 saturated heterocycles. The molecule has 0 spiro atoms. The molecule has 0 bridgehead atoms. The number of carboxylic acids is 1. The van der Waals surface area contributed by atoms with Crippen LogP contribution in [0.3, 0.4) is 0 Å². The van der Waals surface area contributed by atoms with Gasteiger partial charge in [-0.3, -0.25) is 4.79 Å². The van der Waals surface area contributed by atoms with Gasteiger partial charge in [0.25, 0.3) is 0 Å². The van der Waals surface area contributed by atoms with Gasteiger partial charge in [-0.25, -0.2) is 4.98 Å². The third kappa shape index (κ3) is 3.33. The van der Waals surface area contributed by atoms with Crippen molar-refractivity contribution in [3.05, 3.63) is 11.6 Å². The standard InChI is InChI=1S/C9H14N2O2S/c1-6(2)7(5-8(12)13)11-9-10-3-4-14-9/h3-4,6-7H,5H2,1-2H3,(H,10,11)(H,12,13). The van der Waals surface area contributed by atoms with Crippen molar-refractivity contribution >= 4 is 22.4 Å². The highest BCUT2D eigenvalue weighted by Crippen LogP contribution is 2.17. The number of hydrogen-bond donors (Lipinski definition) is 2.